The third-order valence-corrected chi connectivity index (χ3v) is 5.35. The lowest BCUT2D eigenvalue weighted by Gasteiger charge is -2.24. The van der Waals surface area contributed by atoms with E-state index < -0.39 is 0 Å². The standard InChI is InChI=1S/C22H36O3/c1-6-9-11-17(7-2)12-10-13-21(24)25-18-14-15-20(23)19(16-18)22(4,5)8-3/h14-17,23H,6-13H2,1-5H3. The predicted octanol–water partition coefficient (Wildman–Crippen LogP) is 6.37. The number of phenols is 1. The van der Waals surface area contributed by atoms with Gasteiger partial charge in [-0.05, 0) is 48.8 Å². The number of benzene rings is 1. The first-order valence-corrected chi connectivity index (χ1v) is 9.88. The first kappa shape index (κ1) is 21.5. The highest BCUT2D eigenvalue weighted by Gasteiger charge is 2.22. The second-order valence-electron chi connectivity index (χ2n) is 7.70. The topological polar surface area (TPSA) is 46.5 Å². The van der Waals surface area contributed by atoms with Crippen LogP contribution in [-0.2, 0) is 10.2 Å². The highest BCUT2D eigenvalue weighted by molar-refractivity contribution is 5.72. The summed E-state index contributed by atoms with van der Waals surface area (Å²) >= 11 is 0. The summed E-state index contributed by atoms with van der Waals surface area (Å²) in [6, 6.07) is 5.08. The van der Waals surface area contributed by atoms with Crippen molar-refractivity contribution in [2.75, 3.05) is 0 Å². The van der Waals surface area contributed by atoms with Gasteiger partial charge in [0.2, 0.25) is 0 Å². The number of phenolic OH excluding ortho intramolecular Hbond substituents is 1. The van der Waals surface area contributed by atoms with Gasteiger partial charge in [-0.15, -0.1) is 0 Å². The van der Waals surface area contributed by atoms with Gasteiger partial charge >= 0.3 is 5.97 Å². The highest BCUT2D eigenvalue weighted by Crippen LogP contribution is 2.36. The summed E-state index contributed by atoms with van der Waals surface area (Å²) in [6.45, 7) is 10.7. The molecule has 0 spiro atoms. The van der Waals surface area contributed by atoms with Crippen molar-refractivity contribution in [3.63, 3.8) is 0 Å². The van der Waals surface area contributed by atoms with E-state index in [1.54, 1.807) is 18.2 Å². The van der Waals surface area contributed by atoms with E-state index in [-0.39, 0.29) is 17.1 Å². The van der Waals surface area contributed by atoms with Gasteiger partial charge in [-0.3, -0.25) is 4.79 Å². The lowest BCUT2D eigenvalue weighted by atomic mass is 9.81. The second-order valence-corrected chi connectivity index (χ2v) is 7.70. The monoisotopic (exact) mass is 348 g/mol. The van der Waals surface area contributed by atoms with Crippen molar-refractivity contribution < 1.29 is 14.6 Å². The average Bonchev–Trinajstić information content (AvgIpc) is 2.59. The zero-order chi connectivity index (χ0) is 18.9. The zero-order valence-electron chi connectivity index (χ0n) is 16.7. The molecule has 0 aliphatic carbocycles. The fourth-order valence-electron chi connectivity index (χ4n) is 3.07. The van der Waals surface area contributed by atoms with Crippen LogP contribution in [0.5, 0.6) is 11.5 Å². The molecule has 0 aliphatic heterocycles. The van der Waals surface area contributed by atoms with Gasteiger partial charge in [0.05, 0.1) is 0 Å². The average molecular weight is 349 g/mol. The quantitative estimate of drug-likeness (QED) is 0.373. The molecule has 0 aromatic heterocycles. The summed E-state index contributed by atoms with van der Waals surface area (Å²) in [7, 11) is 0. The summed E-state index contributed by atoms with van der Waals surface area (Å²) in [5, 5.41) is 10.1. The number of esters is 1. The van der Waals surface area contributed by atoms with Crippen LogP contribution in [0.4, 0.5) is 0 Å². The molecule has 1 aromatic rings. The van der Waals surface area contributed by atoms with Gasteiger partial charge in [0, 0.05) is 12.0 Å². The Kier molecular flexibility index (Phi) is 9.02. The normalized spacial score (nSPS) is 12.8. The zero-order valence-corrected chi connectivity index (χ0v) is 16.7. The minimum absolute atomic E-state index is 0.153. The predicted molar refractivity (Wildman–Crippen MR) is 104 cm³/mol. The van der Waals surface area contributed by atoms with E-state index in [2.05, 4.69) is 34.6 Å². The molecule has 1 N–H and O–H groups in total. The molecule has 3 heteroatoms. The number of ether oxygens (including phenoxy) is 1. The number of carbonyl (C=O) groups is 1. The molecule has 0 amide bonds. The Morgan fingerprint density at radius 2 is 1.84 bits per heavy atom. The summed E-state index contributed by atoms with van der Waals surface area (Å²) in [6.07, 6.45) is 8.27. The number of hydrogen-bond acceptors (Lipinski definition) is 3. The van der Waals surface area contributed by atoms with Crippen LogP contribution in [0.15, 0.2) is 18.2 Å². The van der Waals surface area contributed by atoms with Crippen molar-refractivity contribution in [1.82, 2.24) is 0 Å². The van der Waals surface area contributed by atoms with Gasteiger partial charge in [-0.25, -0.2) is 0 Å². The van der Waals surface area contributed by atoms with Crippen LogP contribution in [0, 0.1) is 5.92 Å². The SMILES string of the molecule is CCCCC(CC)CCCC(=O)Oc1ccc(O)c(C(C)(C)CC)c1. The molecule has 1 aromatic carbocycles. The molecule has 0 saturated carbocycles. The number of aromatic hydroxyl groups is 1. The van der Waals surface area contributed by atoms with Crippen molar-refractivity contribution in [2.24, 2.45) is 5.92 Å². The van der Waals surface area contributed by atoms with Crippen molar-refractivity contribution >= 4 is 5.97 Å². The van der Waals surface area contributed by atoms with Crippen molar-refractivity contribution in [3.05, 3.63) is 23.8 Å². The maximum absolute atomic E-state index is 12.1. The van der Waals surface area contributed by atoms with E-state index in [1.807, 2.05) is 0 Å². The third-order valence-electron chi connectivity index (χ3n) is 5.35. The molecule has 1 rings (SSSR count). The van der Waals surface area contributed by atoms with Gasteiger partial charge in [0.25, 0.3) is 0 Å². The fraction of sp³-hybridized carbons (Fsp3) is 0.682. The lowest BCUT2D eigenvalue weighted by Crippen LogP contribution is -2.16. The fourth-order valence-corrected chi connectivity index (χ4v) is 3.07. The molecule has 3 nitrogen and oxygen atoms in total. The van der Waals surface area contributed by atoms with Gasteiger partial charge < -0.3 is 9.84 Å². The van der Waals surface area contributed by atoms with Crippen LogP contribution >= 0.6 is 0 Å². The Balaban J connectivity index is 2.56. The Morgan fingerprint density at radius 3 is 2.44 bits per heavy atom. The summed E-state index contributed by atoms with van der Waals surface area (Å²) in [5.74, 6) is 1.32. The molecule has 0 bridgehead atoms. The van der Waals surface area contributed by atoms with Gasteiger partial charge in [0.15, 0.2) is 0 Å². The maximum atomic E-state index is 12.1. The number of carbonyl (C=O) groups excluding carboxylic acids is 1. The van der Waals surface area contributed by atoms with Crippen LogP contribution < -0.4 is 4.74 Å². The van der Waals surface area contributed by atoms with E-state index in [4.69, 9.17) is 4.74 Å². The summed E-state index contributed by atoms with van der Waals surface area (Å²) in [5.41, 5.74) is 0.672. The van der Waals surface area contributed by atoms with Crippen molar-refractivity contribution in [3.8, 4) is 11.5 Å². The molecule has 0 saturated heterocycles. The molecule has 0 aliphatic rings. The van der Waals surface area contributed by atoms with Gasteiger partial charge in [0.1, 0.15) is 11.5 Å². The highest BCUT2D eigenvalue weighted by atomic mass is 16.5. The first-order valence-electron chi connectivity index (χ1n) is 9.88. The molecular weight excluding hydrogens is 312 g/mol. The molecule has 0 radical (unpaired) electrons. The first-order chi connectivity index (χ1) is 11.8. The van der Waals surface area contributed by atoms with Crippen molar-refractivity contribution in [2.45, 2.75) is 91.4 Å². The molecule has 142 valence electrons. The number of rotatable bonds is 11. The van der Waals surface area contributed by atoms with Gasteiger partial charge in [-0.2, -0.15) is 0 Å². The Labute approximate surface area is 153 Å². The Bertz CT molecular complexity index is 534. The molecular formula is C22H36O3. The third kappa shape index (κ3) is 7.09. The van der Waals surface area contributed by atoms with E-state index in [9.17, 15) is 9.90 Å². The lowest BCUT2D eigenvalue weighted by molar-refractivity contribution is -0.134. The minimum atomic E-state index is -0.184. The molecule has 0 heterocycles. The minimum Gasteiger partial charge on any atom is -0.508 e. The second kappa shape index (κ2) is 10.5. The number of hydrogen-bond donors (Lipinski definition) is 1. The maximum Gasteiger partial charge on any atom is 0.311 e. The summed E-state index contributed by atoms with van der Waals surface area (Å²) in [4.78, 5) is 12.1. The van der Waals surface area contributed by atoms with Crippen LogP contribution in [0.1, 0.15) is 91.5 Å². The van der Waals surface area contributed by atoms with Crippen LogP contribution in [-0.4, -0.2) is 11.1 Å². The smallest absolute Gasteiger partial charge is 0.311 e. The number of unbranched alkanes of at least 4 members (excludes halogenated alkanes) is 1. The van der Waals surface area contributed by atoms with Crippen LogP contribution in [0.25, 0.3) is 0 Å². The molecule has 0 fully saturated rings. The van der Waals surface area contributed by atoms with Crippen LogP contribution in [0.2, 0.25) is 0 Å². The van der Waals surface area contributed by atoms with E-state index >= 15 is 0 Å². The summed E-state index contributed by atoms with van der Waals surface area (Å²) < 4.78 is 5.50. The van der Waals surface area contributed by atoms with E-state index in [1.165, 1.54) is 25.7 Å². The molecule has 25 heavy (non-hydrogen) atoms. The Hall–Kier alpha value is -1.51. The molecule has 1 unspecified atom stereocenters. The van der Waals surface area contributed by atoms with E-state index in [0.717, 1.165) is 30.7 Å². The molecule has 1 atom stereocenters. The largest absolute Gasteiger partial charge is 0.508 e. The van der Waals surface area contributed by atoms with E-state index in [0.29, 0.717) is 12.2 Å². The Morgan fingerprint density at radius 1 is 1.16 bits per heavy atom. The van der Waals surface area contributed by atoms with Crippen LogP contribution in [0.3, 0.4) is 0 Å². The van der Waals surface area contributed by atoms with Gasteiger partial charge in [-0.1, -0.05) is 60.3 Å². The van der Waals surface area contributed by atoms with Crippen molar-refractivity contribution in [1.29, 1.82) is 0 Å².